The SMILES string of the molecule is CC1=C(/C=C/c2ccc(CC3C=CCC(C4CC4c4ccccc4C)=CC3)cc2)C=CCC=C1. The van der Waals surface area contributed by atoms with Crippen LogP contribution < -0.4 is 0 Å². The Bertz CT molecular complexity index is 1190. The molecule has 2 aromatic carbocycles. The fourth-order valence-electron chi connectivity index (χ4n) is 5.45. The Labute approximate surface area is 205 Å². The van der Waals surface area contributed by atoms with Gasteiger partial charge in [-0.25, -0.2) is 0 Å². The minimum Gasteiger partial charge on any atom is -0.0845 e. The van der Waals surface area contributed by atoms with Crippen molar-refractivity contribution < 1.29 is 0 Å². The van der Waals surface area contributed by atoms with Gasteiger partial charge in [0.25, 0.3) is 0 Å². The molecule has 0 amide bonds. The van der Waals surface area contributed by atoms with Crippen molar-refractivity contribution in [2.75, 3.05) is 0 Å². The predicted octanol–water partition coefficient (Wildman–Crippen LogP) is 9.08. The first-order valence-corrected chi connectivity index (χ1v) is 12.9. The standard InChI is InChI=1S/C34H36/c1-25-9-4-3-5-12-30(25)21-19-27-15-17-29(18-16-27)23-28-11-8-13-31(22-20-28)33-24-34(33)32-14-7-6-10-26(32)2/h4-12,14-19,21-22,28,33-34H,3,13,20,23-24H2,1-2H3/b21-19+. The van der Waals surface area contributed by atoms with Crippen LogP contribution in [0.5, 0.6) is 0 Å². The first kappa shape index (κ1) is 22.7. The van der Waals surface area contributed by atoms with Crippen LogP contribution in [0, 0.1) is 18.8 Å². The van der Waals surface area contributed by atoms with Gasteiger partial charge in [-0.3, -0.25) is 0 Å². The van der Waals surface area contributed by atoms with E-state index in [2.05, 4.69) is 117 Å². The van der Waals surface area contributed by atoms with E-state index in [9.17, 15) is 0 Å². The second kappa shape index (κ2) is 10.4. The maximum absolute atomic E-state index is 2.56. The molecule has 0 bridgehead atoms. The summed E-state index contributed by atoms with van der Waals surface area (Å²) < 4.78 is 0. The monoisotopic (exact) mass is 444 g/mol. The Hall–Kier alpha value is -3.12. The molecule has 0 heterocycles. The lowest BCUT2D eigenvalue weighted by Crippen LogP contribution is -2.00. The summed E-state index contributed by atoms with van der Waals surface area (Å²) in [7, 11) is 0. The fraction of sp³-hybridized carbons (Fsp3) is 0.294. The summed E-state index contributed by atoms with van der Waals surface area (Å²) >= 11 is 0. The summed E-state index contributed by atoms with van der Waals surface area (Å²) in [4.78, 5) is 0. The van der Waals surface area contributed by atoms with Crippen molar-refractivity contribution in [3.8, 4) is 0 Å². The smallest absolute Gasteiger partial charge is 0.00875 e. The summed E-state index contributed by atoms with van der Waals surface area (Å²) in [5.41, 5.74) is 9.99. The molecule has 1 fully saturated rings. The summed E-state index contributed by atoms with van der Waals surface area (Å²) in [6.07, 6.45) is 26.6. The number of allylic oxidation sites excluding steroid dienone is 11. The molecule has 3 unspecified atom stereocenters. The summed E-state index contributed by atoms with van der Waals surface area (Å²) in [6, 6.07) is 18.1. The number of hydrogen-bond acceptors (Lipinski definition) is 0. The van der Waals surface area contributed by atoms with Gasteiger partial charge < -0.3 is 0 Å². The van der Waals surface area contributed by atoms with Crippen LogP contribution in [0.25, 0.3) is 6.08 Å². The lowest BCUT2D eigenvalue weighted by molar-refractivity contribution is 0.658. The van der Waals surface area contributed by atoms with Crippen LogP contribution in [-0.4, -0.2) is 0 Å². The van der Waals surface area contributed by atoms with Crippen molar-refractivity contribution in [1.29, 1.82) is 0 Å². The van der Waals surface area contributed by atoms with Gasteiger partial charge in [0.2, 0.25) is 0 Å². The van der Waals surface area contributed by atoms with Crippen LogP contribution in [0.3, 0.4) is 0 Å². The lowest BCUT2D eigenvalue weighted by Gasteiger charge is -2.10. The molecule has 3 atom stereocenters. The molecule has 2 aromatic rings. The number of benzene rings is 2. The van der Waals surface area contributed by atoms with Crippen LogP contribution in [-0.2, 0) is 6.42 Å². The molecule has 0 spiro atoms. The van der Waals surface area contributed by atoms with Gasteiger partial charge in [0, 0.05) is 0 Å². The Morgan fingerprint density at radius 2 is 1.68 bits per heavy atom. The molecular formula is C34H36. The zero-order valence-electron chi connectivity index (χ0n) is 20.6. The van der Waals surface area contributed by atoms with Crippen molar-refractivity contribution in [2.24, 2.45) is 11.8 Å². The van der Waals surface area contributed by atoms with Crippen LogP contribution in [0.2, 0.25) is 0 Å². The number of aryl methyl sites for hydroxylation is 1. The molecule has 5 rings (SSSR count). The molecule has 1 saturated carbocycles. The second-order valence-corrected chi connectivity index (χ2v) is 10.2. The molecule has 0 nitrogen and oxygen atoms in total. The molecule has 0 aromatic heterocycles. The lowest BCUT2D eigenvalue weighted by atomic mass is 9.95. The van der Waals surface area contributed by atoms with Gasteiger partial charge in [0.15, 0.2) is 0 Å². The highest BCUT2D eigenvalue weighted by atomic mass is 14.4. The zero-order valence-corrected chi connectivity index (χ0v) is 20.6. The first-order valence-electron chi connectivity index (χ1n) is 12.9. The van der Waals surface area contributed by atoms with Crippen molar-refractivity contribution in [3.05, 3.63) is 136 Å². The molecule has 0 saturated heterocycles. The minimum absolute atomic E-state index is 0.602. The molecule has 0 N–H and O–H groups in total. The second-order valence-electron chi connectivity index (χ2n) is 10.2. The molecule has 0 aliphatic heterocycles. The largest absolute Gasteiger partial charge is 0.0845 e. The van der Waals surface area contributed by atoms with E-state index in [1.807, 2.05) is 0 Å². The fourth-order valence-corrected chi connectivity index (χ4v) is 5.45. The highest BCUT2D eigenvalue weighted by Crippen LogP contribution is 2.53. The molecule has 3 aliphatic carbocycles. The summed E-state index contributed by atoms with van der Waals surface area (Å²) in [5, 5.41) is 0. The van der Waals surface area contributed by atoms with Crippen molar-refractivity contribution in [1.82, 2.24) is 0 Å². The normalized spacial score (nSPS) is 24.3. The molecule has 0 radical (unpaired) electrons. The molecule has 0 heteroatoms. The van der Waals surface area contributed by atoms with Crippen LogP contribution >= 0.6 is 0 Å². The summed E-state index contributed by atoms with van der Waals surface area (Å²) in [6.45, 7) is 4.44. The van der Waals surface area contributed by atoms with E-state index in [1.165, 1.54) is 34.3 Å². The van der Waals surface area contributed by atoms with Gasteiger partial charge >= 0.3 is 0 Å². The third-order valence-electron chi connectivity index (χ3n) is 7.62. The average Bonchev–Trinajstić information content (AvgIpc) is 3.67. The van der Waals surface area contributed by atoms with E-state index < -0.39 is 0 Å². The zero-order chi connectivity index (χ0) is 23.3. The Morgan fingerprint density at radius 3 is 2.53 bits per heavy atom. The average molecular weight is 445 g/mol. The van der Waals surface area contributed by atoms with Gasteiger partial charge in [-0.2, -0.15) is 0 Å². The van der Waals surface area contributed by atoms with Crippen LogP contribution in [0.15, 0.2) is 114 Å². The molecule has 34 heavy (non-hydrogen) atoms. The molecule has 172 valence electrons. The van der Waals surface area contributed by atoms with Crippen molar-refractivity contribution in [2.45, 2.75) is 51.9 Å². The summed E-state index contributed by atoms with van der Waals surface area (Å²) in [5.74, 6) is 2.10. The Morgan fingerprint density at radius 1 is 0.853 bits per heavy atom. The first-order chi connectivity index (χ1) is 16.7. The maximum Gasteiger partial charge on any atom is -0.00875 e. The maximum atomic E-state index is 2.56. The quantitative estimate of drug-likeness (QED) is 0.390. The third kappa shape index (κ3) is 5.50. The molecular weight excluding hydrogens is 408 g/mol. The van der Waals surface area contributed by atoms with Crippen molar-refractivity contribution >= 4 is 6.08 Å². The van der Waals surface area contributed by atoms with Crippen LogP contribution in [0.1, 0.15) is 60.8 Å². The highest BCUT2D eigenvalue weighted by molar-refractivity contribution is 5.57. The highest BCUT2D eigenvalue weighted by Gasteiger charge is 2.41. The van der Waals surface area contributed by atoms with Gasteiger partial charge in [-0.05, 0) is 97.1 Å². The van der Waals surface area contributed by atoms with E-state index in [0.717, 1.165) is 37.5 Å². The van der Waals surface area contributed by atoms with E-state index >= 15 is 0 Å². The molecule has 3 aliphatic rings. The number of hydrogen-bond donors (Lipinski definition) is 0. The van der Waals surface area contributed by atoms with E-state index in [0.29, 0.717) is 5.92 Å². The predicted molar refractivity (Wildman–Crippen MR) is 147 cm³/mol. The van der Waals surface area contributed by atoms with Gasteiger partial charge in [0.1, 0.15) is 0 Å². The van der Waals surface area contributed by atoms with E-state index in [1.54, 1.807) is 11.1 Å². The van der Waals surface area contributed by atoms with E-state index in [-0.39, 0.29) is 0 Å². The van der Waals surface area contributed by atoms with E-state index in [4.69, 9.17) is 0 Å². The Balaban J connectivity index is 1.18. The third-order valence-corrected chi connectivity index (χ3v) is 7.62. The van der Waals surface area contributed by atoms with Gasteiger partial charge in [0.05, 0.1) is 0 Å². The Kier molecular flexibility index (Phi) is 6.95. The van der Waals surface area contributed by atoms with Gasteiger partial charge in [-0.1, -0.05) is 109 Å². The van der Waals surface area contributed by atoms with Gasteiger partial charge in [-0.15, -0.1) is 0 Å². The minimum atomic E-state index is 0.602. The number of rotatable bonds is 6. The topological polar surface area (TPSA) is 0 Å². The van der Waals surface area contributed by atoms with Crippen LogP contribution in [0.4, 0.5) is 0 Å². The van der Waals surface area contributed by atoms with Crippen molar-refractivity contribution in [3.63, 3.8) is 0 Å².